The molecule has 0 radical (unpaired) electrons. The van der Waals surface area contributed by atoms with Gasteiger partial charge in [-0.05, 0) is 27.7 Å². The van der Waals surface area contributed by atoms with Crippen molar-refractivity contribution in [1.29, 1.82) is 0 Å². The van der Waals surface area contributed by atoms with Crippen LogP contribution in [0.5, 0.6) is 0 Å². The van der Waals surface area contributed by atoms with Crippen LogP contribution in [-0.2, 0) is 0 Å². The highest BCUT2D eigenvalue weighted by molar-refractivity contribution is 8.00. The van der Waals surface area contributed by atoms with E-state index in [2.05, 4.69) is 19.2 Å². The quantitative estimate of drug-likeness (QED) is 0.726. The third kappa shape index (κ3) is 3.40. The molecule has 14 heavy (non-hydrogen) atoms. The van der Waals surface area contributed by atoms with Crippen molar-refractivity contribution in [2.24, 2.45) is 0 Å². The van der Waals surface area contributed by atoms with Crippen LogP contribution in [0.15, 0.2) is 0 Å². The predicted octanol–water partition coefficient (Wildman–Crippen LogP) is 1.93. The summed E-state index contributed by atoms with van der Waals surface area (Å²) in [5.74, 6) is 1.04. The van der Waals surface area contributed by atoms with Crippen LogP contribution in [0.25, 0.3) is 0 Å². The maximum absolute atomic E-state index is 11.7. The largest absolute Gasteiger partial charge is 0.336 e. The number of thioether (sulfide) groups is 1. The maximum atomic E-state index is 11.7. The van der Waals surface area contributed by atoms with Crippen molar-refractivity contribution in [1.82, 2.24) is 10.2 Å². The second-order valence-corrected chi connectivity index (χ2v) is 6.44. The Balaban J connectivity index is 2.48. The number of carbonyl (C=O) groups is 1. The van der Waals surface area contributed by atoms with Gasteiger partial charge in [0.2, 0.25) is 0 Å². The van der Waals surface area contributed by atoms with Crippen molar-refractivity contribution in [3.63, 3.8) is 0 Å². The molecule has 2 amide bonds. The second-order valence-electron chi connectivity index (χ2n) is 4.63. The molecule has 1 saturated heterocycles. The monoisotopic (exact) mass is 216 g/mol. The highest BCUT2D eigenvalue weighted by Crippen LogP contribution is 2.29. The molecule has 1 aliphatic rings. The van der Waals surface area contributed by atoms with Gasteiger partial charge in [-0.3, -0.25) is 0 Å². The first kappa shape index (κ1) is 11.7. The zero-order valence-corrected chi connectivity index (χ0v) is 10.3. The van der Waals surface area contributed by atoms with E-state index >= 15 is 0 Å². The van der Waals surface area contributed by atoms with Crippen LogP contribution in [0.2, 0.25) is 0 Å². The van der Waals surface area contributed by atoms with Gasteiger partial charge < -0.3 is 10.2 Å². The Kier molecular flexibility index (Phi) is 3.70. The molecular formula is C10H20N2OS. The predicted molar refractivity (Wildman–Crippen MR) is 61.8 cm³/mol. The SMILES string of the molecule is CC(C)NC(=O)N1CCSC(C)(C)C1. The van der Waals surface area contributed by atoms with E-state index in [0.29, 0.717) is 0 Å². The lowest BCUT2D eigenvalue weighted by atomic mass is 10.2. The summed E-state index contributed by atoms with van der Waals surface area (Å²) < 4.78 is 0.201. The van der Waals surface area contributed by atoms with Crippen molar-refractivity contribution < 1.29 is 4.79 Å². The van der Waals surface area contributed by atoms with Gasteiger partial charge in [0.1, 0.15) is 0 Å². The molecule has 1 aliphatic heterocycles. The lowest BCUT2D eigenvalue weighted by Gasteiger charge is -2.37. The van der Waals surface area contributed by atoms with E-state index < -0.39 is 0 Å². The molecule has 0 atom stereocenters. The molecular weight excluding hydrogens is 196 g/mol. The Hall–Kier alpha value is -0.380. The second kappa shape index (κ2) is 4.43. The summed E-state index contributed by atoms with van der Waals surface area (Å²) in [5, 5.41) is 2.93. The molecule has 1 rings (SSSR count). The number of hydrogen-bond donors (Lipinski definition) is 1. The normalized spacial score (nSPS) is 21.1. The molecule has 1 heterocycles. The zero-order valence-electron chi connectivity index (χ0n) is 9.46. The van der Waals surface area contributed by atoms with Gasteiger partial charge in [-0.25, -0.2) is 4.79 Å². The number of nitrogens with zero attached hydrogens (tertiary/aromatic N) is 1. The lowest BCUT2D eigenvalue weighted by molar-refractivity contribution is 0.192. The van der Waals surface area contributed by atoms with Gasteiger partial charge in [-0.15, -0.1) is 0 Å². The van der Waals surface area contributed by atoms with Crippen LogP contribution in [-0.4, -0.2) is 40.6 Å². The van der Waals surface area contributed by atoms with Crippen LogP contribution in [0.3, 0.4) is 0 Å². The minimum atomic E-state index is 0.0772. The van der Waals surface area contributed by atoms with Crippen LogP contribution < -0.4 is 5.32 Å². The summed E-state index contributed by atoms with van der Waals surface area (Å²) in [6.07, 6.45) is 0. The topological polar surface area (TPSA) is 32.3 Å². The van der Waals surface area contributed by atoms with E-state index in [1.165, 1.54) is 0 Å². The molecule has 82 valence electrons. The number of carbonyl (C=O) groups excluding carboxylic acids is 1. The van der Waals surface area contributed by atoms with Gasteiger partial charge in [-0.1, -0.05) is 0 Å². The van der Waals surface area contributed by atoms with Gasteiger partial charge in [0.05, 0.1) is 0 Å². The smallest absolute Gasteiger partial charge is 0.317 e. The first-order valence-corrected chi connectivity index (χ1v) is 6.09. The highest BCUT2D eigenvalue weighted by atomic mass is 32.2. The Morgan fingerprint density at radius 2 is 2.14 bits per heavy atom. The Labute approximate surface area is 90.6 Å². The Morgan fingerprint density at radius 3 is 2.64 bits per heavy atom. The van der Waals surface area contributed by atoms with Crippen LogP contribution in [0.4, 0.5) is 4.79 Å². The van der Waals surface area contributed by atoms with E-state index in [-0.39, 0.29) is 16.8 Å². The van der Waals surface area contributed by atoms with Crippen molar-refractivity contribution in [2.45, 2.75) is 38.5 Å². The minimum Gasteiger partial charge on any atom is -0.336 e. The van der Waals surface area contributed by atoms with Gasteiger partial charge in [0.15, 0.2) is 0 Å². The molecule has 4 heteroatoms. The molecule has 0 aromatic rings. The van der Waals surface area contributed by atoms with E-state index in [0.717, 1.165) is 18.8 Å². The summed E-state index contributed by atoms with van der Waals surface area (Å²) in [7, 11) is 0. The maximum Gasteiger partial charge on any atom is 0.317 e. The third-order valence-electron chi connectivity index (χ3n) is 2.13. The van der Waals surface area contributed by atoms with Crippen molar-refractivity contribution in [2.75, 3.05) is 18.8 Å². The minimum absolute atomic E-state index is 0.0772. The van der Waals surface area contributed by atoms with Gasteiger partial charge >= 0.3 is 6.03 Å². The summed E-state index contributed by atoms with van der Waals surface area (Å²) in [6.45, 7) is 10.1. The zero-order chi connectivity index (χ0) is 10.8. The molecule has 1 fully saturated rings. The van der Waals surface area contributed by atoms with E-state index in [1.807, 2.05) is 30.5 Å². The molecule has 0 aromatic heterocycles. The fourth-order valence-electron chi connectivity index (χ4n) is 1.53. The van der Waals surface area contributed by atoms with Gasteiger partial charge in [0, 0.05) is 29.6 Å². The molecule has 0 saturated carbocycles. The summed E-state index contributed by atoms with van der Waals surface area (Å²) in [4.78, 5) is 13.6. The molecule has 0 bridgehead atoms. The van der Waals surface area contributed by atoms with Crippen molar-refractivity contribution in [3.05, 3.63) is 0 Å². The Bertz CT molecular complexity index is 216. The van der Waals surface area contributed by atoms with Crippen molar-refractivity contribution >= 4 is 17.8 Å². The first-order valence-electron chi connectivity index (χ1n) is 5.10. The molecule has 0 aromatic carbocycles. The van der Waals surface area contributed by atoms with Crippen LogP contribution in [0.1, 0.15) is 27.7 Å². The average Bonchev–Trinajstić information content (AvgIpc) is 2.01. The average molecular weight is 216 g/mol. The fourth-order valence-corrected chi connectivity index (χ4v) is 2.64. The van der Waals surface area contributed by atoms with Crippen molar-refractivity contribution in [3.8, 4) is 0 Å². The molecule has 0 aliphatic carbocycles. The van der Waals surface area contributed by atoms with E-state index in [1.54, 1.807) is 0 Å². The van der Waals surface area contributed by atoms with Gasteiger partial charge in [-0.2, -0.15) is 11.8 Å². The highest BCUT2D eigenvalue weighted by Gasteiger charge is 2.29. The van der Waals surface area contributed by atoms with E-state index in [9.17, 15) is 4.79 Å². The first-order chi connectivity index (χ1) is 6.41. The number of urea groups is 1. The van der Waals surface area contributed by atoms with E-state index in [4.69, 9.17) is 0 Å². The number of hydrogen-bond acceptors (Lipinski definition) is 2. The van der Waals surface area contributed by atoms with Crippen LogP contribution in [0, 0.1) is 0 Å². The molecule has 3 nitrogen and oxygen atoms in total. The lowest BCUT2D eigenvalue weighted by Crippen LogP contribution is -2.51. The molecule has 1 N–H and O–H groups in total. The number of rotatable bonds is 1. The Morgan fingerprint density at radius 1 is 1.50 bits per heavy atom. The van der Waals surface area contributed by atoms with Gasteiger partial charge in [0.25, 0.3) is 0 Å². The number of amides is 2. The summed E-state index contributed by atoms with van der Waals surface area (Å²) in [6, 6.07) is 0.300. The standard InChI is InChI=1S/C10H20N2OS/c1-8(2)11-9(13)12-5-6-14-10(3,4)7-12/h8H,5-7H2,1-4H3,(H,11,13). The van der Waals surface area contributed by atoms with Crippen LogP contribution >= 0.6 is 11.8 Å². The number of nitrogens with one attached hydrogen (secondary N) is 1. The molecule has 0 unspecified atom stereocenters. The fraction of sp³-hybridized carbons (Fsp3) is 0.900. The summed E-state index contributed by atoms with van der Waals surface area (Å²) >= 11 is 1.94. The summed E-state index contributed by atoms with van der Waals surface area (Å²) in [5.41, 5.74) is 0. The third-order valence-corrected chi connectivity index (χ3v) is 3.42. The molecule has 0 spiro atoms.